The van der Waals surface area contributed by atoms with Crippen LogP contribution in [0.2, 0.25) is 5.02 Å². The molecule has 4 rings (SSSR count). The lowest BCUT2D eigenvalue weighted by Crippen LogP contribution is -2.35. The standard InChI is InChI=1S/C20H26ClNO3/c21-16-7-8-18(25-17-5-1-2-6-17)14(10-16)11-22-12-15-4-3-9-20(15,13-22)19(23)24/h7-8,10,15,17H,1-6,9,11-13H2,(H,23,24)/t15-,20+/m0/s1. The van der Waals surface area contributed by atoms with E-state index in [1.165, 1.54) is 12.8 Å². The molecule has 1 N–H and O–H groups in total. The fourth-order valence-electron chi connectivity index (χ4n) is 5.08. The van der Waals surface area contributed by atoms with Crippen LogP contribution in [0.15, 0.2) is 18.2 Å². The minimum atomic E-state index is -0.619. The number of aliphatic carboxylic acids is 1. The first-order valence-corrected chi connectivity index (χ1v) is 9.85. The van der Waals surface area contributed by atoms with Crippen LogP contribution in [0.25, 0.3) is 0 Å². The molecule has 0 spiro atoms. The molecule has 3 aliphatic rings. The predicted molar refractivity (Wildman–Crippen MR) is 97.0 cm³/mol. The van der Waals surface area contributed by atoms with E-state index in [1.54, 1.807) is 0 Å². The predicted octanol–water partition coefficient (Wildman–Crippen LogP) is 4.35. The summed E-state index contributed by atoms with van der Waals surface area (Å²) in [6.07, 6.45) is 7.91. The van der Waals surface area contributed by atoms with Crippen LogP contribution >= 0.6 is 11.6 Å². The highest BCUT2D eigenvalue weighted by atomic mass is 35.5. The summed E-state index contributed by atoms with van der Waals surface area (Å²) in [5, 5.41) is 10.5. The molecule has 0 radical (unpaired) electrons. The third-order valence-electron chi connectivity index (χ3n) is 6.38. The van der Waals surface area contributed by atoms with Crippen LogP contribution < -0.4 is 4.74 Å². The number of benzene rings is 1. The molecule has 136 valence electrons. The maximum atomic E-state index is 11.9. The molecule has 25 heavy (non-hydrogen) atoms. The normalized spacial score (nSPS) is 29.9. The molecule has 0 aromatic heterocycles. The SMILES string of the molecule is O=C(O)[C@@]12CCC[C@H]1CN(Cc1cc(Cl)ccc1OC1CCCC1)C2. The summed E-state index contributed by atoms with van der Waals surface area (Å²) >= 11 is 6.22. The van der Waals surface area contributed by atoms with Gasteiger partial charge in [0.15, 0.2) is 0 Å². The molecule has 2 aliphatic carbocycles. The largest absolute Gasteiger partial charge is 0.490 e. The van der Waals surface area contributed by atoms with E-state index >= 15 is 0 Å². The van der Waals surface area contributed by atoms with Gasteiger partial charge < -0.3 is 9.84 Å². The number of halogens is 1. The summed E-state index contributed by atoms with van der Waals surface area (Å²) in [4.78, 5) is 14.2. The molecule has 1 aromatic carbocycles. The van der Waals surface area contributed by atoms with Crippen molar-refractivity contribution in [1.82, 2.24) is 4.90 Å². The molecule has 0 amide bonds. The molecule has 5 heteroatoms. The zero-order valence-electron chi connectivity index (χ0n) is 14.5. The molecule has 3 fully saturated rings. The Bertz CT molecular complexity index is 658. The van der Waals surface area contributed by atoms with Gasteiger partial charge in [0.25, 0.3) is 0 Å². The Kier molecular flexibility index (Phi) is 4.67. The van der Waals surface area contributed by atoms with Crippen LogP contribution in [-0.2, 0) is 11.3 Å². The Morgan fingerprint density at radius 1 is 1.28 bits per heavy atom. The Hall–Kier alpha value is -1.26. The molecule has 1 heterocycles. The van der Waals surface area contributed by atoms with E-state index in [4.69, 9.17) is 16.3 Å². The second-order valence-electron chi connectivity index (χ2n) is 8.00. The lowest BCUT2D eigenvalue weighted by atomic mass is 9.81. The van der Waals surface area contributed by atoms with Crippen LogP contribution in [-0.4, -0.2) is 35.2 Å². The molecular formula is C20H26ClNO3. The third-order valence-corrected chi connectivity index (χ3v) is 6.61. The summed E-state index contributed by atoms with van der Waals surface area (Å²) in [7, 11) is 0. The summed E-state index contributed by atoms with van der Waals surface area (Å²) in [6, 6.07) is 5.83. The van der Waals surface area contributed by atoms with Crippen molar-refractivity contribution in [3.8, 4) is 5.75 Å². The highest BCUT2D eigenvalue weighted by molar-refractivity contribution is 6.30. The third kappa shape index (κ3) is 3.26. The highest BCUT2D eigenvalue weighted by Gasteiger charge is 2.54. The number of ether oxygens (including phenoxy) is 1. The first-order chi connectivity index (χ1) is 12.1. The zero-order chi connectivity index (χ0) is 17.4. The van der Waals surface area contributed by atoms with E-state index in [0.29, 0.717) is 24.2 Å². The van der Waals surface area contributed by atoms with E-state index in [9.17, 15) is 9.90 Å². The molecule has 4 nitrogen and oxygen atoms in total. The first kappa shape index (κ1) is 17.2. The topological polar surface area (TPSA) is 49.8 Å². The number of hydrogen-bond donors (Lipinski definition) is 1. The van der Waals surface area contributed by atoms with Crippen LogP contribution in [0, 0.1) is 11.3 Å². The number of carboxylic acids is 1. The number of nitrogens with zero attached hydrogens (tertiary/aromatic N) is 1. The molecular weight excluding hydrogens is 338 g/mol. The molecule has 0 unspecified atom stereocenters. The van der Waals surface area contributed by atoms with E-state index in [0.717, 1.165) is 50.0 Å². The smallest absolute Gasteiger partial charge is 0.311 e. The summed E-state index contributed by atoms with van der Waals surface area (Å²) in [5.41, 5.74) is 0.547. The van der Waals surface area contributed by atoms with Crippen LogP contribution in [0.1, 0.15) is 50.5 Å². The first-order valence-electron chi connectivity index (χ1n) is 9.48. The van der Waals surface area contributed by atoms with Gasteiger partial charge in [-0.3, -0.25) is 9.69 Å². The van der Waals surface area contributed by atoms with E-state index in [2.05, 4.69) is 4.90 Å². The van der Waals surface area contributed by atoms with Gasteiger partial charge in [0, 0.05) is 30.2 Å². The lowest BCUT2D eigenvalue weighted by molar-refractivity contribution is -0.149. The molecule has 2 saturated carbocycles. The van der Waals surface area contributed by atoms with Crippen LogP contribution in [0.3, 0.4) is 0 Å². The molecule has 1 saturated heterocycles. The van der Waals surface area contributed by atoms with Crippen LogP contribution in [0.4, 0.5) is 0 Å². The van der Waals surface area contributed by atoms with Crippen molar-refractivity contribution >= 4 is 17.6 Å². The van der Waals surface area contributed by atoms with Gasteiger partial charge in [-0.15, -0.1) is 0 Å². The zero-order valence-corrected chi connectivity index (χ0v) is 15.3. The lowest BCUT2D eigenvalue weighted by Gasteiger charge is -2.24. The van der Waals surface area contributed by atoms with Crippen molar-refractivity contribution in [3.63, 3.8) is 0 Å². The maximum Gasteiger partial charge on any atom is 0.311 e. The minimum absolute atomic E-state index is 0.281. The highest BCUT2D eigenvalue weighted by Crippen LogP contribution is 2.49. The van der Waals surface area contributed by atoms with Crippen LogP contribution in [0.5, 0.6) is 5.75 Å². The number of carbonyl (C=O) groups is 1. The summed E-state index contributed by atoms with van der Waals surface area (Å²) in [5.74, 6) is 0.576. The number of fused-ring (bicyclic) bond motifs is 1. The molecule has 2 atom stereocenters. The average molecular weight is 364 g/mol. The van der Waals surface area contributed by atoms with Gasteiger partial charge in [0.05, 0.1) is 11.5 Å². The number of rotatable bonds is 5. The fraction of sp³-hybridized carbons (Fsp3) is 0.650. The number of hydrogen-bond acceptors (Lipinski definition) is 3. The number of likely N-dealkylation sites (tertiary alicyclic amines) is 1. The fourth-order valence-corrected chi connectivity index (χ4v) is 5.27. The van der Waals surface area contributed by atoms with Gasteiger partial charge in [-0.1, -0.05) is 18.0 Å². The van der Waals surface area contributed by atoms with Gasteiger partial charge in [-0.2, -0.15) is 0 Å². The van der Waals surface area contributed by atoms with Crippen molar-refractivity contribution in [2.24, 2.45) is 11.3 Å². The van der Waals surface area contributed by atoms with Crippen molar-refractivity contribution in [2.75, 3.05) is 13.1 Å². The molecule has 1 aliphatic heterocycles. The van der Waals surface area contributed by atoms with Crippen molar-refractivity contribution in [2.45, 2.75) is 57.6 Å². The van der Waals surface area contributed by atoms with Gasteiger partial charge in [-0.05, 0) is 62.6 Å². The Labute approximate surface area is 154 Å². The molecule has 0 bridgehead atoms. The summed E-state index contributed by atoms with van der Waals surface area (Å²) < 4.78 is 6.24. The Morgan fingerprint density at radius 3 is 2.80 bits per heavy atom. The van der Waals surface area contributed by atoms with Gasteiger partial charge in [0.1, 0.15) is 5.75 Å². The molecule has 1 aromatic rings. The average Bonchev–Trinajstić information content (AvgIpc) is 3.25. The maximum absolute atomic E-state index is 11.9. The Balaban J connectivity index is 1.51. The van der Waals surface area contributed by atoms with E-state index < -0.39 is 11.4 Å². The second-order valence-corrected chi connectivity index (χ2v) is 8.43. The number of carboxylic acid groups (broad SMARTS) is 1. The van der Waals surface area contributed by atoms with Crippen molar-refractivity contribution in [1.29, 1.82) is 0 Å². The second kappa shape index (κ2) is 6.81. The van der Waals surface area contributed by atoms with E-state index in [1.807, 2.05) is 18.2 Å². The Morgan fingerprint density at radius 2 is 2.08 bits per heavy atom. The summed E-state index contributed by atoms with van der Waals surface area (Å²) in [6.45, 7) is 2.22. The van der Waals surface area contributed by atoms with Gasteiger partial charge >= 0.3 is 5.97 Å². The minimum Gasteiger partial charge on any atom is -0.490 e. The van der Waals surface area contributed by atoms with Crippen molar-refractivity contribution < 1.29 is 14.6 Å². The van der Waals surface area contributed by atoms with Gasteiger partial charge in [-0.25, -0.2) is 0 Å². The van der Waals surface area contributed by atoms with E-state index in [-0.39, 0.29) is 5.92 Å². The van der Waals surface area contributed by atoms with Gasteiger partial charge in [0.2, 0.25) is 0 Å². The monoisotopic (exact) mass is 363 g/mol. The quantitative estimate of drug-likeness (QED) is 0.845. The van der Waals surface area contributed by atoms with Crippen molar-refractivity contribution in [3.05, 3.63) is 28.8 Å².